The Morgan fingerprint density at radius 2 is 1.87 bits per heavy atom. The van der Waals surface area contributed by atoms with Gasteiger partial charge in [-0.05, 0) is 36.5 Å². The number of rotatable bonds is 4. The van der Waals surface area contributed by atoms with Gasteiger partial charge in [-0.3, -0.25) is 4.79 Å². The molecule has 1 saturated heterocycles. The Morgan fingerprint density at radius 3 is 2.65 bits per heavy atom. The zero-order chi connectivity index (χ0) is 16.1. The van der Waals surface area contributed by atoms with Crippen molar-refractivity contribution >= 4 is 17.7 Å². The maximum atomic E-state index is 12.9. The molecule has 1 fully saturated rings. The number of likely N-dealkylation sites (tertiary alicyclic amines) is 1. The molecule has 2 aromatic carbocycles. The first-order valence-corrected chi connectivity index (χ1v) is 9.27. The second-order valence-electron chi connectivity index (χ2n) is 6.27. The molecule has 0 spiro atoms. The van der Waals surface area contributed by atoms with Crippen LogP contribution in [0.1, 0.15) is 35.7 Å². The van der Waals surface area contributed by atoms with E-state index in [0.717, 1.165) is 35.7 Å². The number of nitrogens with zero attached hydrogens (tertiary/aromatic N) is 1. The van der Waals surface area contributed by atoms with Crippen molar-refractivity contribution in [3.63, 3.8) is 0 Å². The van der Waals surface area contributed by atoms with Crippen LogP contribution >= 0.6 is 11.8 Å². The van der Waals surface area contributed by atoms with Crippen LogP contribution in [0.25, 0.3) is 0 Å². The van der Waals surface area contributed by atoms with E-state index in [1.165, 1.54) is 12.0 Å². The highest BCUT2D eigenvalue weighted by Gasteiger charge is 2.23. The Morgan fingerprint density at radius 1 is 1.13 bits per heavy atom. The summed E-state index contributed by atoms with van der Waals surface area (Å²) in [5.41, 5.74) is 2.13. The van der Waals surface area contributed by atoms with Gasteiger partial charge in [-0.25, -0.2) is 0 Å². The van der Waals surface area contributed by atoms with Crippen molar-refractivity contribution in [2.45, 2.75) is 30.4 Å². The third kappa shape index (κ3) is 4.17. The third-order valence-electron chi connectivity index (χ3n) is 4.30. The summed E-state index contributed by atoms with van der Waals surface area (Å²) in [5, 5.41) is 0. The van der Waals surface area contributed by atoms with Gasteiger partial charge in [-0.2, -0.15) is 0 Å². The Balaban J connectivity index is 1.73. The average molecular weight is 325 g/mol. The molecule has 2 nitrogen and oxygen atoms in total. The van der Waals surface area contributed by atoms with E-state index in [1.54, 1.807) is 11.8 Å². The molecule has 1 atom stereocenters. The van der Waals surface area contributed by atoms with Gasteiger partial charge in [0.25, 0.3) is 5.91 Å². The Labute approximate surface area is 142 Å². The summed E-state index contributed by atoms with van der Waals surface area (Å²) in [4.78, 5) is 16.0. The molecule has 1 heterocycles. The van der Waals surface area contributed by atoms with Crippen molar-refractivity contribution in [1.82, 2.24) is 4.90 Å². The highest BCUT2D eigenvalue weighted by molar-refractivity contribution is 7.98. The highest BCUT2D eigenvalue weighted by Crippen LogP contribution is 2.28. The lowest BCUT2D eigenvalue weighted by molar-refractivity contribution is 0.0679. The van der Waals surface area contributed by atoms with E-state index in [-0.39, 0.29) is 5.91 Å². The fourth-order valence-corrected chi connectivity index (χ4v) is 4.05. The van der Waals surface area contributed by atoms with Crippen molar-refractivity contribution in [3.8, 4) is 0 Å². The molecule has 1 aliphatic heterocycles. The zero-order valence-corrected chi connectivity index (χ0v) is 14.4. The average Bonchev–Trinajstić information content (AvgIpc) is 2.60. The van der Waals surface area contributed by atoms with Crippen LogP contribution in [0.3, 0.4) is 0 Å². The largest absolute Gasteiger partial charge is 0.338 e. The molecule has 3 heteroatoms. The molecular formula is C20H23NOS. The van der Waals surface area contributed by atoms with Gasteiger partial charge in [0.15, 0.2) is 0 Å². The summed E-state index contributed by atoms with van der Waals surface area (Å²) in [6, 6.07) is 18.4. The quantitative estimate of drug-likeness (QED) is 0.749. The first-order chi connectivity index (χ1) is 11.2. The molecule has 1 aliphatic rings. The number of amides is 1. The van der Waals surface area contributed by atoms with Crippen LogP contribution in [-0.4, -0.2) is 23.9 Å². The molecule has 0 aliphatic carbocycles. The molecule has 0 aromatic heterocycles. The Hall–Kier alpha value is -1.74. The molecule has 0 bridgehead atoms. The van der Waals surface area contributed by atoms with Gasteiger partial charge in [0.1, 0.15) is 0 Å². The van der Waals surface area contributed by atoms with Gasteiger partial charge in [0, 0.05) is 23.7 Å². The van der Waals surface area contributed by atoms with E-state index in [0.29, 0.717) is 5.92 Å². The first kappa shape index (κ1) is 16.1. The molecule has 23 heavy (non-hydrogen) atoms. The number of benzene rings is 2. The standard InChI is InChI=1S/C20H23NOS/c1-16-8-7-13-21(14-16)20(22)18-11-5-6-12-19(18)23-15-17-9-3-2-4-10-17/h2-6,9-12,16H,7-8,13-15H2,1H3/t16-/m0/s1. The summed E-state index contributed by atoms with van der Waals surface area (Å²) in [6.07, 6.45) is 2.35. The molecule has 0 radical (unpaired) electrons. The molecular weight excluding hydrogens is 302 g/mol. The minimum Gasteiger partial charge on any atom is -0.338 e. The lowest BCUT2D eigenvalue weighted by Gasteiger charge is -2.31. The van der Waals surface area contributed by atoms with Crippen LogP contribution in [0.5, 0.6) is 0 Å². The zero-order valence-electron chi connectivity index (χ0n) is 13.6. The van der Waals surface area contributed by atoms with E-state index in [1.807, 2.05) is 29.2 Å². The Bertz CT molecular complexity index is 656. The number of piperidine rings is 1. The molecule has 0 N–H and O–H groups in total. The minimum absolute atomic E-state index is 0.188. The molecule has 120 valence electrons. The minimum atomic E-state index is 0.188. The molecule has 2 aromatic rings. The summed E-state index contributed by atoms with van der Waals surface area (Å²) < 4.78 is 0. The number of thioether (sulfide) groups is 1. The fourth-order valence-electron chi connectivity index (χ4n) is 3.05. The van der Waals surface area contributed by atoms with E-state index in [2.05, 4.69) is 37.3 Å². The smallest absolute Gasteiger partial charge is 0.254 e. The number of carbonyl (C=O) groups excluding carboxylic acids is 1. The van der Waals surface area contributed by atoms with Crippen LogP contribution in [0.2, 0.25) is 0 Å². The molecule has 0 saturated carbocycles. The summed E-state index contributed by atoms with van der Waals surface area (Å²) in [5.74, 6) is 1.69. The van der Waals surface area contributed by atoms with Gasteiger partial charge in [0.2, 0.25) is 0 Å². The van der Waals surface area contributed by atoms with Crippen LogP contribution in [0.15, 0.2) is 59.5 Å². The molecule has 3 rings (SSSR count). The molecule has 0 unspecified atom stereocenters. The van der Waals surface area contributed by atoms with Crippen LogP contribution in [0.4, 0.5) is 0 Å². The Kier molecular flexibility index (Phi) is 5.39. The fraction of sp³-hybridized carbons (Fsp3) is 0.350. The lowest BCUT2D eigenvalue weighted by Crippen LogP contribution is -2.39. The highest BCUT2D eigenvalue weighted by atomic mass is 32.2. The number of hydrogen-bond acceptors (Lipinski definition) is 2. The second-order valence-corrected chi connectivity index (χ2v) is 7.29. The SMILES string of the molecule is C[C@H]1CCCN(C(=O)c2ccccc2SCc2ccccc2)C1. The van der Waals surface area contributed by atoms with E-state index in [4.69, 9.17) is 0 Å². The normalized spacial score (nSPS) is 18.0. The van der Waals surface area contributed by atoms with E-state index >= 15 is 0 Å². The van der Waals surface area contributed by atoms with Crippen molar-refractivity contribution in [3.05, 3.63) is 65.7 Å². The predicted octanol–water partition coefficient (Wildman–Crippen LogP) is 4.85. The van der Waals surface area contributed by atoms with Crippen LogP contribution in [0, 0.1) is 5.92 Å². The number of hydrogen-bond donors (Lipinski definition) is 0. The maximum absolute atomic E-state index is 12.9. The molecule has 1 amide bonds. The van der Waals surface area contributed by atoms with Crippen molar-refractivity contribution in [2.75, 3.05) is 13.1 Å². The van der Waals surface area contributed by atoms with Gasteiger partial charge >= 0.3 is 0 Å². The lowest BCUT2D eigenvalue weighted by atomic mass is 9.99. The van der Waals surface area contributed by atoms with Gasteiger partial charge in [0.05, 0.1) is 5.56 Å². The predicted molar refractivity (Wildman–Crippen MR) is 96.7 cm³/mol. The van der Waals surface area contributed by atoms with Crippen molar-refractivity contribution < 1.29 is 4.79 Å². The van der Waals surface area contributed by atoms with E-state index < -0.39 is 0 Å². The topological polar surface area (TPSA) is 20.3 Å². The summed E-state index contributed by atoms with van der Waals surface area (Å²) in [6.45, 7) is 4.01. The number of carbonyl (C=O) groups is 1. The third-order valence-corrected chi connectivity index (χ3v) is 5.44. The first-order valence-electron chi connectivity index (χ1n) is 8.29. The summed E-state index contributed by atoms with van der Waals surface area (Å²) >= 11 is 1.75. The second kappa shape index (κ2) is 7.69. The van der Waals surface area contributed by atoms with E-state index in [9.17, 15) is 4.79 Å². The monoisotopic (exact) mass is 325 g/mol. The van der Waals surface area contributed by atoms with Crippen LogP contribution in [-0.2, 0) is 5.75 Å². The van der Waals surface area contributed by atoms with Gasteiger partial charge in [-0.15, -0.1) is 11.8 Å². The van der Waals surface area contributed by atoms with Crippen molar-refractivity contribution in [1.29, 1.82) is 0 Å². The van der Waals surface area contributed by atoms with Crippen molar-refractivity contribution in [2.24, 2.45) is 5.92 Å². The summed E-state index contributed by atoms with van der Waals surface area (Å²) in [7, 11) is 0. The maximum Gasteiger partial charge on any atom is 0.254 e. The van der Waals surface area contributed by atoms with Crippen LogP contribution < -0.4 is 0 Å². The van der Waals surface area contributed by atoms with Gasteiger partial charge in [-0.1, -0.05) is 49.4 Å². The van der Waals surface area contributed by atoms with Gasteiger partial charge < -0.3 is 4.90 Å².